The summed E-state index contributed by atoms with van der Waals surface area (Å²) >= 11 is 3.62. The van der Waals surface area contributed by atoms with Gasteiger partial charge in [0, 0.05) is 23.6 Å². The van der Waals surface area contributed by atoms with Crippen LogP contribution in [0.1, 0.15) is 31.0 Å². The second-order valence-corrected chi connectivity index (χ2v) is 6.28. The largest absolute Gasteiger partial charge is 0.374 e. The van der Waals surface area contributed by atoms with Gasteiger partial charge in [0.1, 0.15) is 0 Å². The minimum absolute atomic E-state index is 0.0748. The van der Waals surface area contributed by atoms with E-state index in [4.69, 9.17) is 10.5 Å². The molecule has 0 spiro atoms. The fraction of sp³-hybridized carbons (Fsp3) is 0.600. The Morgan fingerprint density at radius 3 is 2.79 bits per heavy atom. The molecule has 1 saturated heterocycles. The number of ether oxygens (including phenoxy) is 1. The molecule has 2 rings (SSSR count). The van der Waals surface area contributed by atoms with Gasteiger partial charge in [0.2, 0.25) is 0 Å². The molecule has 2 unspecified atom stereocenters. The summed E-state index contributed by atoms with van der Waals surface area (Å²) in [6.07, 6.45) is 0.0748. The lowest BCUT2D eigenvalue weighted by atomic mass is 9.96. The Bertz CT molecular complexity index is 436. The summed E-state index contributed by atoms with van der Waals surface area (Å²) in [7, 11) is 0. The molecule has 1 aliphatic rings. The van der Waals surface area contributed by atoms with Gasteiger partial charge in [-0.3, -0.25) is 4.90 Å². The SMILES string of the molecule is Cc1ccc(C2C(CN)OCCN2C(C)C)cc1Br. The standard InChI is InChI=1S/C15H23BrN2O/c1-10(2)18-6-7-19-14(9-17)15(18)12-5-4-11(3)13(16)8-12/h4-5,8,10,14-15H,6-7,9,17H2,1-3H3. The van der Waals surface area contributed by atoms with Crippen molar-refractivity contribution in [3.05, 3.63) is 33.8 Å². The molecule has 106 valence electrons. The third-order valence-electron chi connectivity index (χ3n) is 3.82. The van der Waals surface area contributed by atoms with E-state index < -0.39 is 0 Å². The molecule has 0 aliphatic carbocycles. The van der Waals surface area contributed by atoms with E-state index in [-0.39, 0.29) is 12.1 Å². The number of rotatable bonds is 3. The Morgan fingerprint density at radius 1 is 1.47 bits per heavy atom. The Balaban J connectivity index is 2.36. The van der Waals surface area contributed by atoms with Gasteiger partial charge in [0.25, 0.3) is 0 Å². The van der Waals surface area contributed by atoms with Gasteiger partial charge in [0.05, 0.1) is 18.8 Å². The lowest BCUT2D eigenvalue weighted by molar-refractivity contribution is -0.0789. The van der Waals surface area contributed by atoms with Gasteiger partial charge in [0.15, 0.2) is 0 Å². The topological polar surface area (TPSA) is 38.5 Å². The van der Waals surface area contributed by atoms with Crippen molar-refractivity contribution in [1.82, 2.24) is 4.90 Å². The van der Waals surface area contributed by atoms with Crippen LogP contribution < -0.4 is 5.73 Å². The van der Waals surface area contributed by atoms with Crippen molar-refractivity contribution in [2.24, 2.45) is 5.73 Å². The first-order chi connectivity index (χ1) is 9.04. The Hall–Kier alpha value is -0.420. The summed E-state index contributed by atoms with van der Waals surface area (Å²) in [5.74, 6) is 0. The monoisotopic (exact) mass is 326 g/mol. The molecule has 19 heavy (non-hydrogen) atoms. The maximum atomic E-state index is 5.90. The number of aryl methyl sites for hydroxylation is 1. The smallest absolute Gasteiger partial charge is 0.0894 e. The summed E-state index contributed by atoms with van der Waals surface area (Å²) in [5.41, 5.74) is 8.43. The molecule has 1 aromatic carbocycles. The number of nitrogens with zero attached hydrogens (tertiary/aromatic N) is 1. The highest BCUT2D eigenvalue weighted by atomic mass is 79.9. The Morgan fingerprint density at radius 2 is 2.21 bits per heavy atom. The van der Waals surface area contributed by atoms with E-state index >= 15 is 0 Å². The van der Waals surface area contributed by atoms with Crippen LogP contribution in [-0.2, 0) is 4.74 Å². The van der Waals surface area contributed by atoms with Gasteiger partial charge < -0.3 is 10.5 Å². The van der Waals surface area contributed by atoms with E-state index in [2.05, 4.69) is 59.8 Å². The number of benzene rings is 1. The zero-order valence-electron chi connectivity index (χ0n) is 11.9. The molecule has 2 atom stereocenters. The predicted octanol–water partition coefficient (Wildman–Crippen LogP) is 2.87. The third-order valence-corrected chi connectivity index (χ3v) is 4.68. The van der Waals surface area contributed by atoms with Crippen LogP contribution in [0.2, 0.25) is 0 Å². The maximum Gasteiger partial charge on any atom is 0.0894 e. The highest BCUT2D eigenvalue weighted by Crippen LogP contribution is 2.33. The second kappa shape index (κ2) is 6.35. The van der Waals surface area contributed by atoms with E-state index in [0.29, 0.717) is 12.6 Å². The van der Waals surface area contributed by atoms with Crippen LogP contribution in [-0.4, -0.2) is 36.7 Å². The number of halogens is 1. The van der Waals surface area contributed by atoms with Gasteiger partial charge >= 0.3 is 0 Å². The molecular formula is C15H23BrN2O. The minimum atomic E-state index is 0.0748. The minimum Gasteiger partial charge on any atom is -0.374 e. The molecule has 1 fully saturated rings. The maximum absolute atomic E-state index is 5.90. The van der Waals surface area contributed by atoms with Gasteiger partial charge in [-0.1, -0.05) is 28.1 Å². The summed E-state index contributed by atoms with van der Waals surface area (Å²) in [5, 5.41) is 0. The lowest BCUT2D eigenvalue weighted by Gasteiger charge is -2.43. The number of morpholine rings is 1. The first-order valence-corrected chi connectivity index (χ1v) is 7.67. The Labute approximate surface area is 124 Å². The van der Waals surface area contributed by atoms with E-state index in [0.717, 1.165) is 17.6 Å². The predicted molar refractivity (Wildman–Crippen MR) is 82.3 cm³/mol. The average Bonchev–Trinajstić information content (AvgIpc) is 2.41. The third kappa shape index (κ3) is 3.19. The molecule has 0 saturated carbocycles. The second-order valence-electron chi connectivity index (χ2n) is 5.43. The van der Waals surface area contributed by atoms with Crippen molar-refractivity contribution in [1.29, 1.82) is 0 Å². The van der Waals surface area contributed by atoms with E-state index in [1.54, 1.807) is 0 Å². The zero-order chi connectivity index (χ0) is 14.0. The summed E-state index contributed by atoms with van der Waals surface area (Å²) in [6, 6.07) is 7.28. The molecule has 1 aliphatic heterocycles. The van der Waals surface area contributed by atoms with Gasteiger partial charge in [-0.25, -0.2) is 0 Å². The van der Waals surface area contributed by atoms with Crippen LogP contribution in [0.5, 0.6) is 0 Å². The normalized spacial score (nSPS) is 24.9. The van der Waals surface area contributed by atoms with Gasteiger partial charge in [-0.05, 0) is 38.0 Å². The lowest BCUT2D eigenvalue weighted by Crippen LogP contribution is -2.50. The van der Waals surface area contributed by atoms with Crippen molar-refractivity contribution in [3.63, 3.8) is 0 Å². The summed E-state index contributed by atoms with van der Waals surface area (Å²) < 4.78 is 7.01. The van der Waals surface area contributed by atoms with Crippen molar-refractivity contribution in [2.75, 3.05) is 19.7 Å². The molecule has 1 aromatic rings. The molecular weight excluding hydrogens is 304 g/mol. The average molecular weight is 327 g/mol. The molecule has 3 nitrogen and oxygen atoms in total. The van der Waals surface area contributed by atoms with Crippen LogP contribution >= 0.6 is 15.9 Å². The molecule has 1 heterocycles. The summed E-state index contributed by atoms with van der Waals surface area (Å²) in [4.78, 5) is 2.48. The molecule has 0 radical (unpaired) electrons. The fourth-order valence-electron chi connectivity index (χ4n) is 2.73. The number of nitrogens with two attached hydrogens (primary N) is 1. The van der Waals surface area contributed by atoms with Crippen molar-refractivity contribution in [2.45, 2.75) is 39.0 Å². The quantitative estimate of drug-likeness (QED) is 0.928. The van der Waals surface area contributed by atoms with E-state index in [1.165, 1.54) is 11.1 Å². The van der Waals surface area contributed by atoms with Crippen molar-refractivity contribution < 1.29 is 4.74 Å². The van der Waals surface area contributed by atoms with Crippen LogP contribution in [0.3, 0.4) is 0 Å². The highest BCUT2D eigenvalue weighted by Gasteiger charge is 2.34. The van der Waals surface area contributed by atoms with Crippen LogP contribution in [0.15, 0.2) is 22.7 Å². The van der Waals surface area contributed by atoms with Crippen LogP contribution in [0.25, 0.3) is 0 Å². The number of hydrogen-bond donors (Lipinski definition) is 1. The van der Waals surface area contributed by atoms with E-state index in [9.17, 15) is 0 Å². The molecule has 0 bridgehead atoms. The fourth-order valence-corrected chi connectivity index (χ4v) is 3.13. The highest BCUT2D eigenvalue weighted by molar-refractivity contribution is 9.10. The Kier molecular flexibility index (Phi) is 5.01. The number of hydrogen-bond acceptors (Lipinski definition) is 3. The molecule has 2 N–H and O–H groups in total. The van der Waals surface area contributed by atoms with Crippen LogP contribution in [0.4, 0.5) is 0 Å². The zero-order valence-corrected chi connectivity index (χ0v) is 13.5. The van der Waals surface area contributed by atoms with E-state index in [1.807, 2.05) is 0 Å². The molecule has 4 heteroatoms. The van der Waals surface area contributed by atoms with Gasteiger partial charge in [-0.2, -0.15) is 0 Å². The van der Waals surface area contributed by atoms with Gasteiger partial charge in [-0.15, -0.1) is 0 Å². The molecule has 0 amide bonds. The molecule has 0 aromatic heterocycles. The first-order valence-electron chi connectivity index (χ1n) is 6.88. The van der Waals surface area contributed by atoms with Crippen LogP contribution in [0, 0.1) is 6.92 Å². The van der Waals surface area contributed by atoms with Crippen molar-refractivity contribution in [3.8, 4) is 0 Å². The van der Waals surface area contributed by atoms with Crippen molar-refractivity contribution >= 4 is 15.9 Å². The first kappa shape index (κ1) is 15.0. The summed E-state index contributed by atoms with van der Waals surface area (Å²) in [6.45, 7) is 8.85.